The van der Waals surface area contributed by atoms with Crippen molar-refractivity contribution in [3.63, 3.8) is 0 Å². The van der Waals surface area contributed by atoms with Crippen LogP contribution in [-0.2, 0) is 9.53 Å². The van der Waals surface area contributed by atoms with E-state index < -0.39 is 11.7 Å². The van der Waals surface area contributed by atoms with E-state index in [-0.39, 0.29) is 41.8 Å². The molecule has 0 radical (unpaired) electrons. The molecule has 4 rings (SSSR count). The summed E-state index contributed by atoms with van der Waals surface area (Å²) in [7, 11) is 0. The zero-order valence-electron chi connectivity index (χ0n) is 19.9. The van der Waals surface area contributed by atoms with Gasteiger partial charge in [-0.2, -0.15) is 0 Å². The van der Waals surface area contributed by atoms with Gasteiger partial charge in [0.2, 0.25) is 0 Å². The van der Waals surface area contributed by atoms with E-state index in [0.717, 1.165) is 17.5 Å². The molecular formula is C25H28FN5O4. The zero-order chi connectivity index (χ0) is 25.1. The number of hydrogen-bond acceptors (Lipinski definition) is 7. The Morgan fingerprint density at radius 1 is 1.34 bits per heavy atom. The van der Waals surface area contributed by atoms with Gasteiger partial charge in [-0.25, -0.2) is 9.37 Å². The van der Waals surface area contributed by atoms with Crippen molar-refractivity contribution < 1.29 is 23.8 Å². The fraction of sp³-hybridized carbons (Fsp3) is 0.400. The summed E-state index contributed by atoms with van der Waals surface area (Å²) in [5, 5.41) is 20.1. The summed E-state index contributed by atoms with van der Waals surface area (Å²) in [4.78, 5) is 29.2. The second-order valence-electron chi connectivity index (χ2n) is 8.76. The number of pyridine rings is 1. The summed E-state index contributed by atoms with van der Waals surface area (Å²) in [5.74, 6) is -0.605. The van der Waals surface area contributed by atoms with Crippen LogP contribution in [-0.4, -0.2) is 49.9 Å². The second kappa shape index (κ2) is 10.3. The molecule has 1 fully saturated rings. The highest BCUT2D eigenvalue weighted by Crippen LogP contribution is 2.51. The number of aliphatic hydroxyl groups excluding tert-OH is 1. The van der Waals surface area contributed by atoms with Gasteiger partial charge in [-0.15, -0.1) is 10.2 Å². The Kier molecular flexibility index (Phi) is 7.20. The zero-order valence-corrected chi connectivity index (χ0v) is 19.9. The summed E-state index contributed by atoms with van der Waals surface area (Å²) in [5.41, 5.74) is 1.97. The van der Waals surface area contributed by atoms with Gasteiger partial charge in [0.1, 0.15) is 23.7 Å². The van der Waals surface area contributed by atoms with E-state index in [4.69, 9.17) is 4.74 Å². The van der Waals surface area contributed by atoms with Gasteiger partial charge in [0.05, 0.1) is 24.8 Å². The second-order valence-corrected chi connectivity index (χ2v) is 8.76. The van der Waals surface area contributed by atoms with Gasteiger partial charge in [0, 0.05) is 6.42 Å². The maximum atomic E-state index is 14.8. The molecule has 184 valence electrons. The van der Waals surface area contributed by atoms with Crippen molar-refractivity contribution in [2.75, 3.05) is 18.5 Å². The Hall–Kier alpha value is -3.66. The van der Waals surface area contributed by atoms with E-state index in [1.54, 1.807) is 42.7 Å². The van der Waals surface area contributed by atoms with E-state index in [0.29, 0.717) is 24.5 Å². The molecule has 9 nitrogen and oxygen atoms in total. The minimum Gasteiger partial charge on any atom is -0.466 e. The normalized spacial score (nSPS) is 17.6. The molecule has 2 unspecified atom stereocenters. The third-order valence-electron chi connectivity index (χ3n) is 6.19. The summed E-state index contributed by atoms with van der Waals surface area (Å²) in [6, 6.07) is 7.67. The molecule has 2 heterocycles. The minimum absolute atomic E-state index is 0.0864. The maximum Gasteiger partial charge on any atom is 0.306 e. The lowest BCUT2D eigenvalue weighted by Gasteiger charge is -2.13. The molecule has 1 aliphatic carbocycles. The number of hydrogen-bond donors (Lipinski definition) is 2. The minimum atomic E-state index is -0.626. The maximum absolute atomic E-state index is 14.8. The predicted octanol–water partition coefficient (Wildman–Crippen LogP) is 3.65. The van der Waals surface area contributed by atoms with Crippen LogP contribution >= 0.6 is 0 Å². The number of aromatic nitrogens is 4. The first-order valence-corrected chi connectivity index (χ1v) is 11.6. The monoisotopic (exact) mass is 481 g/mol. The first-order chi connectivity index (χ1) is 16.8. The van der Waals surface area contributed by atoms with E-state index in [1.807, 2.05) is 6.92 Å². The van der Waals surface area contributed by atoms with Crippen molar-refractivity contribution in [2.24, 2.45) is 5.92 Å². The molecular weight excluding hydrogens is 453 g/mol. The third-order valence-corrected chi connectivity index (χ3v) is 6.19. The van der Waals surface area contributed by atoms with E-state index in [2.05, 4.69) is 20.5 Å². The van der Waals surface area contributed by atoms with Gasteiger partial charge in [-0.3, -0.25) is 9.59 Å². The van der Waals surface area contributed by atoms with Gasteiger partial charge >= 0.3 is 5.97 Å². The molecule has 0 aliphatic heterocycles. The number of carbonyl (C=O) groups excluding carboxylic acids is 2. The standard InChI is InChI=1S/C25H28FN5O4/c1-4-35-23(33)10-16-9-18(16)17-11-19(20(26)8-14(17)2)25(34)29-22-7-5-6-21(28-22)24-30-27-13-31(24)15(3)12-32/h5-8,11,13,15-16,18,32H,4,9-10,12H2,1-3H3,(H,28,29,34)/t15-,16?,18?/m1/s1. The Bertz CT molecular complexity index is 1240. The van der Waals surface area contributed by atoms with Crippen LogP contribution in [0.4, 0.5) is 10.2 Å². The lowest BCUT2D eigenvalue weighted by atomic mass is 9.98. The van der Waals surface area contributed by atoms with Crippen molar-refractivity contribution in [2.45, 2.75) is 45.6 Å². The van der Waals surface area contributed by atoms with Gasteiger partial charge in [-0.1, -0.05) is 6.07 Å². The van der Waals surface area contributed by atoms with Crippen LogP contribution in [0.25, 0.3) is 11.5 Å². The average Bonchev–Trinajstić information content (AvgIpc) is 3.39. The van der Waals surface area contributed by atoms with Gasteiger partial charge in [-0.05, 0) is 74.4 Å². The molecule has 1 amide bonds. The summed E-state index contributed by atoms with van der Waals surface area (Å²) >= 11 is 0. The van der Waals surface area contributed by atoms with Crippen LogP contribution in [0.15, 0.2) is 36.7 Å². The first kappa shape index (κ1) is 24.5. The molecule has 1 aliphatic rings. The van der Waals surface area contributed by atoms with Gasteiger partial charge in [0.15, 0.2) is 5.82 Å². The molecule has 0 bridgehead atoms. The fourth-order valence-electron chi connectivity index (χ4n) is 4.20. The number of nitrogens with zero attached hydrogens (tertiary/aromatic N) is 4. The van der Waals surface area contributed by atoms with Crippen LogP contribution in [0.1, 0.15) is 60.1 Å². The van der Waals surface area contributed by atoms with E-state index in [1.165, 1.54) is 12.4 Å². The fourth-order valence-corrected chi connectivity index (χ4v) is 4.20. The summed E-state index contributed by atoms with van der Waals surface area (Å²) in [6.45, 7) is 5.62. The molecule has 2 N–H and O–H groups in total. The molecule has 0 saturated heterocycles. The Morgan fingerprint density at radius 3 is 2.89 bits per heavy atom. The molecule has 10 heteroatoms. The number of amides is 1. The SMILES string of the molecule is CCOC(=O)CC1CC1c1cc(C(=O)Nc2cccc(-c3nncn3[C@H](C)CO)n2)c(F)cc1C. The number of aryl methyl sites for hydroxylation is 1. The molecule has 1 saturated carbocycles. The molecule has 0 spiro atoms. The number of aliphatic hydroxyl groups is 1. The van der Waals surface area contributed by atoms with Crippen LogP contribution in [0.3, 0.4) is 0 Å². The first-order valence-electron chi connectivity index (χ1n) is 11.6. The average molecular weight is 482 g/mol. The predicted molar refractivity (Wildman–Crippen MR) is 126 cm³/mol. The van der Waals surface area contributed by atoms with Crippen LogP contribution in [0.5, 0.6) is 0 Å². The topological polar surface area (TPSA) is 119 Å². The van der Waals surface area contributed by atoms with Gasteiger partial charge in [0.25, 0.3) is 5.91 Å². The van der Waals surface area contributed by atoms with Crippen molar-refractivity contribution in [3.05, 3.63) is 59.2 Å². The number of carbonyl (C=O) groups is 2. The number of ether oxygens (including phenoxy) is 1. The summed E-state index contributed by atoms with van der Waals surface area (Å²) in [6.07, 6.45) is 2.61. The Labute approximate surface area is 202 Å². The number of benzene rings is 1. The van der Waals surface area contributed by atoms with E-state index >= 15 is 0 Å². The van der Waals surface area contributed by atoms with Crippen molar-refractivity contribution >= 4 is 17.7 Å². The smallest absolute Gasteiger partial charge is 0.306 e. The van der Waals surface area contributed by atoms with Crippen molar-refractivity contribution in [3.8, 4) is 11.5 Å². The number of anilines is 1. The lowest BCUT2D eigenvalue weighted by Crippen LogP contribution is -2.16. The molecule has 3 atom stereocenters. The summed E-state index contributed by atoms with van der Waals surface area (Å²) < 4.78 is 21.5. The van der Waals surface area contributed by atoms with Crippen LogP contribution < -0.4 is 5.32 Å². The Balaban J connectivity index is 1.52. The number of halogens is 1. The quantitative estimate of drug-likeness (QED) is 0.448. The number of nitrogens with one attached hydrogen (secondary N) is 1. The number of esters is 1. The highest BCUT2D eigenvalue weighted by Gasteiger charge is 2.41. The van der Waals surface area contributed by atoms with Gasteiger partial charge < -0.3 is 19.7 Å². The molecule has 1 aromatic carbocycles. The largest absolute Gasteiger partial charge is 0.466 e. The van der Waals surface area contributed by atoms with E-state index in [9.17, 15) is 19.1 Å². The lowest BCUT2D eigenvalue weighted by molar-refractivity contribution is -0.143. The van der Waals surface area contributed by atoms with Crippen LogP contribution in [0, 0.1) is 18.7 Å². The molecule has 2 aromatic heterocycles. The van der Waals surface area contributed by atoms with Crippen molar-refractivity contribution in [1.29, 1.82) is 0 Å². The molecule has 35 heavy (non-hydrogen) atoms. The number of rotatable bonds is 9. The highest BCUT2D eigenvalue weighted by molar-refractivity contribution is 6.04. The Morgan fingerprint density at radius 2 is 2.14 bits per heavy atom. The third kappa shape index (κ3) is 5.37. The highest BCUT2D eigenvalue weighted by atomic mass is 19.1. The van der Waals surface area contributed by atoms with Crippen LogP contribution in [0.2, 0.25) is 0 Å². The van der Waals surface area contributed by atoms with Crippen molar-refractivity contribution in [1.82, 2.24) is 19.7 Å². The molecule has 3 aromatic rings.